The lowest BCUT2D eigenvalue weighted by Crippen LogP contribution is -2.15. The molecule has 3 heteroatoms. The second-order valence-electron chi connectivity index (χ2n) is 3.71. The van der Waals surface area contributed by atoms with E-state index in [2.05, 4.69) is 13.8 Å². The topological polar surface area (TPSA) is 49.7 Å². The highest BCUT2D eigenvalue weighted by atomic mass is 16.5. The van der Waals surface area contributed by atoms with Crippen LogP contribution in [0.1, 0.15) is 46.0 Å². The standard InChI is InChI=1S/C9H18O.C2H6O2/c1-3-8(2)10-9-6-4-5-7-9;3-1-2-4/h8-9H,3-7H2,1-2H3;3-4H,1-2H2. The van der Waals surface area contributed by atoms with Gasteiger partial charge in [0, 0.05) is 0 Å². The van der Waals surface area contributed by atoms with Gasteiger partial charge in [-0.2, -0.15) is 0 Å². The Bertz CT molecular complexity index is 109. The maximum Gasteiger partial charge on any atom is 0.0662 e. The van der Waals surface area contributed by atoms with Crippen LogP contribution in [0, 0.1) is 0 Å². The van der Waals surface area contributed by atoms with Crippen molar-refractivity contribution in [2.75, 3.05) is 13.2 Å². The summed E-state index contributed by atoms with van der Waals surface area (Å²) in [6, 6.07) is 0. The fourth-order valence-electron chi connectivity index (χ4n) is 1.45. The van der Waals surface area contributed by atoms with E-state index in [4.69, 9.17) is 14.9 Å². The molecule has 86 valence electrons. The van der Waals surface area contributed by atoms with Crippen molar-refractivity contribution < 1.29 is 14.9 Å². The van der Waals surface area contributed by atoms with Crippen molar-refractivity contribution in [3.63, 3.8) is 0 Å². The summed E-state index contributed by atoms with van der Waals surface area (Å²) in [6.07, 6.45) is 7.56. The number of hydrogen-bond acceptors (Lipinski definition) is 3. The van der Waals surface area contributed by atoms with Crippen LogP contribution in [-0.2, 0) is 4.74 Å². The third-order valence-corrected chi connectivity index (χ3v) is 2.40. The molecule has 1 fully saturated rings. The lowest BCUT2D eigenvalue weighted by molar-refractivity contribution is 0.000760. The Labute approximate surface area is 87.1 Å². The molecule has 0 saturated heterocycles. The molecule has 2 N–H and O–H groups in total. The average molecular weight is 204 g/mol. The summed E-state index contributed by atoms with van der Waals surface area (Å²) in [5.41, 5.74) is 0. The summed E-state index contributed by atoms with van der Waals surface area (Å²) in [5, 5.41) is 15.2. The van der Waals surface area contributed by atoms with Crippen molar-refractivity contribution in [2.45, 2.75) is 58.2 Å². The zero-order valence-corrected chi connectivity index (χ0v) is 9.41. The van der Waals surface area contributed by atoms with E-state index in [0.29, 0.717) is 12.2 Å². The Kier molecular flexibility index (Phi) is 9.35. The zero-order valence-electron chi connectivity index (χ0n) is 9.41. The molecule has 0 spiro atoms. The predicted octanol–water partition coefficient (Wildman–Crippen LogP) is 1.72. The van der Waals surface area contributed by atoms with Crippen LogP contribution in [0.15, 0.2) is 0 Å². The van der Waals surface area contributed by atoms with Crippen molar-refractivity contribution >= 4 is 0 Å². The summed E-state index contributed by atoms with van der Waals surface area (Å²) >= 11 is 0. The first-order valence-electron chi connectivity index (χ1n) is 5.61. The van der Waals surface area contributed by atoms with Gasteiger partial charge >= 0.3 is 0 Å². The number of aliphatic hydroxyl groups excluding tert-OH is 2. The Hall–Kier alpha value is -0.120. The van der Waals surface area contributed by atoms with Crippen molar-refractivity contribution in [1.29, 1.82) is 0 Å². The van der Waals surface area contributed by atoms with Gasteiger partial charge in [-0.1, -0.05) is 19.8 Å². The van der Waals surface area contributed by atoms with E-state index >= 15 is 0 Å². The molecule has 0 aromatic rings. The average Bonchev–Trinajstić information content (AvgIpc) is 2.70. The molecule has 0 bridgehead atoms. The van der Waals surface area contributed by atoms with Crippen LogP contribution in [0.2, 0.25) is 0 Å². The van der Waals surface area contributed by atoms with E-state index in [1.165, 1.54) is 25.7 Å². The molecule has 0 amide bonds. The van der Waals surface area contributed by atoms with Crippen molar-refractivity contribution in [2.24, 2.45) is 0 Å². The van der Waals surface area contributed by atoms with E-state index < -0.39 is 0 Å². The molecule has 0 heterocycles. The largest absolute Gasteiger partial charge is 0.394 e. The fraction of sp³-hybridized carbons (Fsp3) is 1.00. The molecule has 14 heavy (non-hydrogen) atoms. The molecule has 0 aromatic carbocycles. The highest BCUT2D eigenvalue weighted by molar-refractivity contribution is 4.67. The lowest BCUT2D eigenvalue weighted by Gasteiger charge is -2.16. The molecule has 0 radical (unpaired) electrons. The van der Waals surface area contributed by atoms with Gasteiger partial charge in [0.15, 0.2) is 0 Å². The van der Waals surface area contributed by atoms with Crippen LogP contribution in [0.3, 0.4) is 0 Å². The molecular weight excluding hydrogens is 180 g/mol. The Morgan fingerprint density at radius 1 is 1.21 bits per heavy atom. The first-order valence-corrected chi connectivity index (χ1v) is 5.61. The molecule has 1 saturated carbocycles. The summed E-state index contributed by atoms with van der Waals surface area (Å²) < 4.78 is 5.76. The molecule has 1 aliphatic carbocycles. The van der Waals surface area contributed by atoms with Gasteiger partial charge in [-0.15, -0.1) is 0 Å². The number of ether oxygens (including phenoxy) is 1. The monoisotopic (exact) mass is 204 g/mol. The van der Waals surface area contributed by atoms with Crippen LogP contribution in [0.4, 0.5) is 0 Å². The maximum absolute atomic E-state index is 7.62. The molecule has 0 aliphatic heterocycles. The number of hydrogen-bond donors (Lipinski definition) is 2. The zero-order chi connectivity index (χ0) is 10.8. The van der Waals surface area contributed by atoms with E-state index in [1.54, 1.807) is 0 Å². The summed E-state index contributed by atoms with van der Waals surface area (Å²) in [5.74, 6) is 0. The summed E-state index contributed by atoms with van der Waals surface area (Å²) in [7, 11) is 0. The second kappa shape index (κ2) is 9.44. The third kappa shape index (κ3) is 7.30. The van der Waals surface area contributed by atoms with Crippen molar-refractivity contribution in [1.82, 2.24) is 0 Å². The smallest absolute Gasteiger partial charge is 0.0662 e. The van der Waals surface area contributed by atoms with Crippen LogP contribution < -0.4 is 0 Å². The minimum atomic E-state index is -0.125. The first-order chi connectivity index (χ1) is 6.74. The van der Waals surface area contributed by atoms with Gasteiger partial charge in [0.1, 0.15) is 0 Å². The lowest BCUT2D eigenvalue weighted by atomic mass is 10.2. The van der Waals surface area contributed by atoms with Gasteiger partial charge in [0.25, 0.3) is 0 Å². The van der Waals surface area contributed by atoms with E-state index in [9.17, 15) is 0 Å². The highest BCUT2D eigenvalue weighted by Gasteiger charge is 2.16. The molecule has 1 unspecified atom stereocenters. The van der Waals surface area contributed by atoms with Crippen LogP contribution in [0.5, 0.6) is 0 Å². The van der Waals surface area contributed by atoms with Gasteiger partial charge in [-0.25, -0.2) is 0 Å². The Morgan fingerprint density at radius 2 is 1.71 bits per heavy atom. The fourth-order valence-corrected chi connectivity index (χ4v) is 1.45. The SMILES string of the molecule is CCC(C)OC1CCCC1.OCCO. The summed E-state index contributed by atoms with van der Waals surface area (Å²) in [4.78, 5) is 0. The molecule has 0 aromatic heterocycles. The van der Waals surface area contributed by atoms with Crippen molar-refractivity contribution in [3.05, 3.63) is 0 Å². The molecular formula is C11H24O3. The molecule has 1 aliphatic rings. The van der Waals surface area contributed by atoms with E-state index in [0.717, 1.165) is 6.42 Å². The van der Waals surface area contributed by atoms with Gasteiger partial charge in [0.05, 0.1) is 25.4 Å². The van der Waals surface area contributed by atoms with Gasteiger partial charge in [0.2, 0.25) is 0 Å². The molecule has 1 atom stereocenters. The van der Waals surface area contributed by atoms with Crippen LogP contribution >= 0.6 is 0 Å². The minimum Gasteiger partial charge on any atom is -0.394 e. The van der Waals surface area contributed by atoms with Crippen LogP contribution in [0.25, 0.3) is 0 Å². The Balaban J connectivity index is 0.000000364. The van der Waals surface area contributed by atoms with E-state index in [1.807, 2.05) is 0 Å². The van der Waals surface area contributed by atoms with Crippen LogP contribution in [-0.4, -0.2) is 35.6 Å². The molecule has 3 nitrogen and oxygen atoms in total. The summed E-state index contributed by atoms with van der Waals surface area (Å²) in [6.45, 7) is 4.10. The quantitative estimate of drug-likeness (QED) is 0.733. The Morgan fingerprint density at radius 3 is 2.07 bits per heavy atom. The van der Waals surface area contributed by atoms with Crippen molar-refractivity contribution in [3.8, 4) is 0 Å². The molecule has 1 rings (SSSR count). The predicted molar refractivity (Wildman–Crippen MR) is 57.3 cm³/mol. The normalized spacial score (nSPS) is 18.9. The second-order valence-corrected chi connectivity index (χ2v) is 3.71. The number of rotatable bonds is 4. The third-order valence-electron chi connectivity index (χ3n) is 2.40. The first kappa shape index (κ1) is 13.9. The van der Waals surface area contributed by atoms with Gasteiger partial charge in [-0.3, -0.25) is 0 Å². The van der Waals surface area contributed by atoms with Gasteiger partial charge < -0.3 is 14.9 Å². The van der Waals surface area contributed by atoms with E-state index in [-0.39, 0.29) is 13.2 Å². The minimum absolute atomic E-state index is 0.125. The van der Waals surface area contributed by atoms with Gasteiger partial charge in [-0.05, 0) is 26.2 Å². The number of aliphatic hydroxyl groups is 2. The maximum atomic E-state index is 7.62. The highest BCUT2D eigenvalue weighted by Crippen LogP contribution is 2.22.